The molecule has 3 rings (SSSR count). The highest BCUT2D eigenvalue weighted by Gasteiger charge is 2.26. The van der Waals surface area contributed by atoms with Gasteiger partial charge in [0.2, 0.25) is 0 Å². The number of carbonyl (C=O) groups excluding carboxylic acids is 1. The van der Waals surface area contributed by atoms with Gasteiger partial charge in [0.15, 0.2) is 5.13 Å². The second kappa shape index (κ2) is 8.24. The maximum atomic E-state index is 12.9. The van der Waals surface area contributed by atoms with E-state index in [1.165, 1.54) is 11.3 Å². The predicted molar refractivity (Wildman–Crippen MR) is 112 cm³/mol. The summed E-state index contributed by atoms with van der Waals surface area (Å²) >= 11 is 1.40. The summed E-state index contributed by atoms with van der Waals surface area (Å²) in [7, 11) is 0. The molecule has 1 amide bonds. The minimum atomic E-state index is -0.510. The average molecular weight is 399 g/mol. The Morgan fingerprint density at radius 3 is 2.61 bits per heavy atom. The lowest BCUT2D eigenvalue weighted by Gasteiger charge is -2.25. The number of nitrogens with one attached hydrogen (secondary N) is 1. The SMILES string of the molecule is CC(C)OC(C)(C)c1csc(NC(=O)c2cccn2C(C)c2ccncc2)n1. The van der Waals surface area contributed by atoms with E-state index in [1.54, 1.807) is 12.4 Å². The van der Waals surface area contributed by atoms with Gasteiger partial charge in [-0.3, -0.25) is 15.1 Å². The van der Waals surface area contributed by atoms with Crippen LogP contribution in [0, 0.1) is 0 Å². The van der Waals surface area contributed by atoms with Gasteiger partial charge >= 0.3 is 0 Å². The summed E-state index contributed by atoms with van der Waals surface area (Å²) in [5, 5.41) is 5.40. The van der Waals surface area contributed by atoms with Crippen LogP contribution in [0.2, 0.25) is 0 Å². The number of carbonyl (C=O) groups is 1. The predicted octanol–water partition coefficient (Wildman–Crippen LogP) is 4.86. The van der Waals surface area contributed by atoms with Crippen molar-refractivity contribution in [1.82, 2.24) is 14.5 Å². The van der Waals surface area contributed by atoms with Crippen molar-refractivity contribution < 1.29 is 9.53 Å². The van der Waals surface area contributed by atoms with Gasteiger partial charge in [-0.25, -0.2) is 4.98 Å². The molecule has 1 N–H and O–H groups in total. The molecule has 148 valence electrons. The first-order chi connectivity index (χ1) is 13.3. The normalized spacial score (nSPS) is 12.9. The zero-order chi connectivity index (χ0) is 20.3. The second-order valence-electron chi connectivity index (χ2n) is 7.43. The molecule has 3 aromatic rings. The molecule has 0 saturated heterocycles. The first-order valence-electron chi connectivity index (χ1n) is 9.30. The molecule has 0 spiro atoms. The highest BCUT2D eigenvalue weighted by molar-refractivity contribution is 7.14. The van der Waals surface area contributed by atoms with Crippen LogP contribution in [-0.4, -0.2) is 26.5 Å². The Morgan fingerprint density at radius 2 is 1.93 bits per heavy atom. The summed E-state index contributed by atoms with van der Waals surface area (Å²) in [6.07, 6.45) is 5.51. The maximum absolute atomic E-state index is 12.9. The number of hydrogen-bond donors (Lipinski definition) is 1. The molecule has 3 aromatic heterocycles. The number of aromatic nitrogens is 3. The quantitative estimate of drug-likeness (QED) is 0.617. The third-order valence-electron chi connectivity index (χ3n) is 4.49. The van der Waals surface area contributed by atoms with E-state index in [1.807, 2.05) is 68.1 Å². The maximum Gasteiger partial charge on any atom is 0.274 e. The smallest absolute Gasteiger partial charge is 0.274 e. The summed E-state index contributed by atoms with van der Waals surface area (Å²) in [6.45, 7) is 10.0. The number of anilines is 1. The van der Waals surface area contributed by atoms with Crippen molar-refractivity contribution >= 4 is 22.4 Å². The van der Waals surface area contributed by atoms with Crippen molar-refractivity contribution in [2.24, 2.45) is 0 Å². The van der Waals surface area contributed by atoms with Crippen LogP contribution in [0.25, 0.3) is 0 Å². The van der Waals surface area contributed by atoms with E-state index < -0.39 is 5.60 Å². The van der Waals surface area contributed by atoms with Crippen LogP contribution >= 0.6 is 11.3 Å². The van der Waals surface area contributed by atoms with Crippen molar-refractivity contribution in [2.75, 3.05) is 5.32 Å². The Kier molecular flexibility index (Phi) is 5.96. The number of amides is 1. The van der Waals surface area contributed by atoms with Crippen LogP contribution in [0.1, 0.15) is 62.4 Å². The van der Waals surface area contributed by atoms with Crippen LogP contribution in [0.4, 0.5) is 5.13 Å². The molecule has 6 nitrogen and oxygen atoms in total. The third kappa shape index (κ3) is 4.48. The van der Waals surface area contributed by atoms with Crippen molar-refractivity contribution in [1.29, 1.82) is 0 Å². The van der Waals surface area contributed by atoms with E-state index in [4.69, 9.17) is 4.74 Å². The van der Waals surface area contributed by atoms with Gasteiger partial charge in [0, 0.05) is 24.0 Å². The molecular formula is C21H26N4O2S. The van der Waals surface area contributed by atoms with Gasteiger partial charge in [-0.15, -0.1) is 11.3 Å². The number of ether oxygens (including phenoxy) is 1. The van der Waals surface area contributed by atoms with Gasteiger partial charge in [-0.1, -0.05) is 0 Å². The van der Waals surface area contributed by atoms with E-state index in [0.717, 1.165) is 11.3 Å². The fourth-order valence-electron chi connectivity index (χ4n) is 3.14. The van der Waals surface area contributed by atoms with Crippen molar-refractivity contribution in [3.63, 3.8) is 0 Å². The van der Waals surface area contributed by atoms with Crippen LogP contribution < -0.4 is 5.32 Å². The van der Waals surface area contributed by atoms with E-state index in [2.05, 4.69) is 22.2 Å². The molecule has 1 unspecified atom stereocenters. The van der Waals surface area contributed by atoms with Crippen molar-refractivity contribution in [3.05, 3.63) is 65.2 Å². The Labute approximate surface area is 169 Å². The number of pyridine rings is 1. The number of thiazole rings is 1. The second-order valence-corrected chi connectivity index (χ2v) is 8.28. The average Bonchev–Trinajstić information content (AvgIpc) is 3.30. The molecule has 0 fully saturated rings. The minimum Gasteiger partial charge on any atom is -0.367 e. The molecule has 0 aliphatic rings. The fourth-order valence-corrected chi connectivity index (χ4v) is 4.01. The van der Waals surface area contributed by atoms with Gasteiger partial charge in [-0.05, 0) is 64.4 Å². The summed E-state index contributed by atoms with van der Waals surface area (Å²) < 4.78 is 7.89. The largest absolute Gasteiger partial charge is 0.367 e. The van der Waals surface area contributed by atoms with E-state index in [9.17, 15) is 4.79 Å². The van der Waals surface area contributed by atoms with E-state index >= 15 is 0 Å². The standard InChI is InChI=1S/C21H26N4O2S/c1-14(2)27-21(4,5)18-13-28-20(23-18)24-19(26)17-7-6-12-25(17)15(3)16-8-10-22-11-9-16/h6-15H,1-5H3,(H,23,24,26). The van der Waals surface area contributed by atoms with Crippen LogP contribution in [0.15, 0.2) is 48.2 Å². The van der Waals surface area contributed by atoms with Crippen LogP contribution in [0.3, 0.4) is 0 Å². The highest BCUT2D eigenvalue weighted by atomic mass is 32.1. The first-order valence-corrected chi connectivity index (χ1v) is 10.2. The molecule has 0 radical (unpaired) electrons. The van der Waals surface area contributed by atoms with Gasteiger partial charge in [0.05, 0.1) is 17.8 Å². The lowest BCUT2D eigenvalue weighted by atomic mass is 10.1. The lowest BCUT2D eigenvalue weighted by molar-refractivity contribution is -0.0623. The van der Waals surface area contributed by atoms with E-state index in [-0.39, 0.29) is 18.1 Å². The number of nitrogens with zero attached hydrogens (tertiary/aromatic N) is 3. The number of hydrogen-bond acceptors (Lipinski definition) is 5. The van der Waals surface area contributed by atoms with E-state index in [0.29, 0.717) is 10.8 Å². The summed E-state index contributed by atoms with van der Waals surface area (Å²) in [4.78, 5) is 21.5. The molecule has 0 aromatic carbocycles. The molecular weight excluding hydrogens is 372 g/mol. The number of rotatable bonds is 7. The Morgan fingerprint density at radius 1 is 1.21 bits per heavy atom. The minimum absolute atomic E-state index is 0.0176. The summed E-state index contributed by atoms with van der Waals surface area (Å²) in [5.41, 5.74) is 1.97. The Bertz CT molecular complexity index is 931. The molecule has 3 heterocycles. The first kappa shape index (κ1) is 20.2. The highest BCUT2D eigenvalue weighted by Crippen LogP contribution is 2.29. The fraction of sp³-hybridized carbons (Fsp3) is 0.381. The van der Waals surface area contributed by atoms with Gasteiger partial charge < -0.3 is 9.30 Å². The van der Waals surface area contributed by atoms with Crippen LogP contribution in [0.5, 0.6) is 0 Å². The topological polar surface area (TPSA) is 69.0 Å². The van der Waals surface area contributed by atoms with Gasteiger partial charge in [0.25, 0.3) is 5.91 Å². The molecule has 0 bridgehead atoms. The van der Waals surface area contributed by atoms with Crippen molar-refractivity contribution in [3.8, 4) is 0 Å². The molecule has 7 heteroatoms. The van der Waals surface area contributed by atoms with Crippen molar-refractivity contribution in [2.45, 2.75) is 52.4 Å². The molecule has 0 aliphatic heterocycles. The molecule has 0 saturated carbocycles. The monoisotopic (exact) mass is 398 g/mol. The lowest BCUT2D eigenvalue weighted by Crippen LogP contribution is -2.26. The Balaban J connectivity index is 1.76. The zero-order valence-corrected chi connectivity index (χ0v) is 17.7. The summed E-state index contributed by atoms with van der Waals surface area (Å²) in [6, 6.07) is 7.61. The molecule has 0 aliphatic carbocycles. The molecule has 28 heavy (non-hydrogen) atoms. The summed E-state index contributed by atoms with van der Waals surface area (Å²) in [5.74, 6) is -0.186. The molecule has 1 atom stereocenters. The Hall–Kier alpha value is -2.51. The van der Waals surface area contributed by atoms with Gasteiger partial charge in [0.1, 0.15) is 11.3 Å². The third-order valence-corrected chi connectivity index (χ3v) is 5.25. The van der Waals surface area contributed by atoms with Gasteiger partial charge in [-0.2, -0.15) is 0 Å². The zero-order valence-electron chi connectivity index (χ0n) is 16.8. The van der Waals surface area contributed by atoms with Crippen LogP contribution in [-0.2, 0) is 10.3 Å².